The van der Waals surface area contributed by atoms with Crippen LogP contribution >= 0.6 is 0 Å². The average Bonchev–Trinajstić information content (AvgIpc) is 3.52. The van der Waals surface area contributed by atoms with Gasteiger partial charge < -0.3 is 9.32 Å². The van der Waals surface area contributed by atoms with Gasteiger partial charge in [-0.25, -0.2) is 4.98 Å². The van der Waals surface area contributed by atoms with Crippen LogP contribution in [0.1, 0.15) is 0 Å². The summed E-state index contributed by atoms with van der Waals surface area (Å²) in [6, 6.07) is 64.2. The molecule has 2 heterocycles. The first-order valence-electron chi connectivity index (χ1n) is 16.2. The van der Waals surface area contributed by atoms with Gasteiger partial charge in [-0.3, -0.25) is 0 Å². The van der Waals surface area contributed by atoms with Crippen LogP contribution in [-0.2, 0) is 0 Å². The highest BCUT2D eigenvalue weighted by Gasteiger charge is 2.15. The second-order valence-corrected chi connectivity index (χ2v) is 12.1. The van der Waals surface area contributed by atoms with Gasteiger partial charge >= 0.3 is 0 Å². The molecular weight excluding hydrogens is 585 g/mol. The molecule has 226 valence electrons. The maximum atomic E-state index is 6.16. The maximum absolute atomic E-state index is 6.16. The number of fused-ring (bicyclic) bond motifs is 4. The SMILES string of the molecule is c1ccc(-c2ccc(N(c3ccc(-c4ccccc4)cc3)c3ccc(-c4ccc5oc6nc7ccccc7cc6c5c4)cc3)cc2)cc1. The summed E-state index contributed by atoms with van der Waals surface area (Å²) in [5.74, 6) is 0. The van der Waals surface area contributed by atoms with E-state index in [1.807, 2.05) is 18.2 Å². The molecule has 3 nitrogen and oxygen atoms in total. The average molecular weight is 615 g/mol. The van der Waals surface area contributed by atoms with Gasteiger partial charge in [-0.2, -0.15) is 0 Å². The summed E-state index contributed by atoms with van der Waals surface area (Å²) < 4.78 is 6.16. The van der Waals surface area contributed by atoms with Crippen molar-refractivity contribution in [2.45, 2.75) is 0 Å². The summed E-state index contributed by atoms with van der Waals surface area (Å²) in [5.41, 5.74) is 12.8. The predicted molar refractivity (Wildman–Crippen MR) is 200 cm³/mol. The molecule has 0 unspecified atom stereocenters. The van der Waals surface area contributed by atoms with Crippen molar-refractivity contribution in [2.75, 3.05) is 4.90 Å². The molecule has 0 amide bonds. The molecule has 0 saturated carbocycles. The van der Waals surface area contributed by atoms with Gasteiger partial charge in [0.1, 0.15) is 5.58 Å². The molecule has 48 heavy (non-hydrogen) atoms. The standard InChI is InChI=1S/C45H30N2O/c1-3-9-31(10-4-1)33-15-22-38(23-16-33)47(39-24-17-34(18-25-39)32-11-5-2-6-12-32)40-26-19-35(20-27-40)36-21-28-44-41(29-36)42-30-37-13-7-8-14-43(37)46-45(42)48-44/h1-30H. The fourth-order valence-corrected chi connectivity index (χ4v) is 6.60. The molecule has 0 saturated heterocycles. The van der Waals surface area contributed by atoms with Gasteiger partial charge in [-0.15, -0.1) is 0 Å². The number of benzene rings is 7. The molecular formula is C45H30N2O. The van der Waals surface area contributed by atoms with Crippen LogP contribution in [0.5, 0.6) is 0 Å². The molecule has 0 aliphatic carbocycles. The van der Waals surface area contributed by atoms with Crippen LogP contribution in [0.4, 0.5) is 17.1 Å². The number of hydrogen-bond acceptors (Lipinski definition) is 3. The summed E-state index contributed by atoms with van der Waals surface area (Å²) in [7, 11) is 0. The quantitative estimate of drug-likeness (QED) is 0.187. The lowest BCUT2D eigenvalue weighted by atomic mass is 10.0. The molecule has 0 spiro atoms. The Morgan fingerprint density at radius 2 is 0.833 bits per heavy atom. The summed E-state index contributed by atoms with van der Waals surface area (Å²) in [6.07, 6.45) is 0. The zero-order valence-corrected chi connectivity index (χ0v) is 26.1. The fraction of sp³-hybridized carbons (Fsp3) is 0. The zero-order valence-electron chi connectivity index (χ0n) is 26.1. The smallest absolute Gasteiger partial charge is 0.227 e. The lowest BCUT2D eigenvalue weighted by molar-refractivity contribution is 0.656. The second-order valence-electron chi connectivity index (χ2n) is 12.1. The van der Waals surface area contributed by atoms with Crippen LogP contribution in [0.25, 0.3) is 66.4 Å². The van der Waals surface area contributed by atoms with E-state index in [1.165, 1.54) is 22.3 Å². The van der Waals surface area contributed by atoms with E-state index in [2.05, 4.69) is 169 Å². The van der Waals surface area contributed by atoms with Crippen molar-refractivity contribution < 1.29 is 4.42 Å². The molecule has 0 radical (unpaired) electrons. The van der Waals surface area contributed by atoms with Crippen LogP contribution in [-0.4, -0.2) is 4.98 Å². The van der Waals surface area contributed by atoms with Gasteiger partial charge in [0.15, 0.2) is 0 Å². The van der Waals surface area contributed by atoms with Crippen LogP contribution in [0.15, 0.2) is 186 Å². The van der Waals surface area contributed by atoms with E-state index in [4.69, 9.17) is 9.40 Å². The van der Waals surface area contributed by atoms with Gasteiger partial charge in [0.05, 0.1) is 5.52 Å². The molecule has 7 aromatic carbocycles. The number of nitrogens with zero attached hydrogens (tertiary/aromatic N) is 2. The third-order valence-electron chi connectivity index (χ3n) is 9.09. The van der Waals surface area contributed by atoms with Crippen LogP contribution in [0.2, 0.25) is 0 Å². The molecule has 3 heteroatoms. The number of rotatable bonds is 6. The van der Waals surface area contributed by atoms with Gasteiger partial charge in [0.2, 0.25) is 5.71 Å². The third-order valence-corrected chi connectivity index (χ3v) is 9.09. The Hall–Kier alpha value is -6.45. The van der Waals surface area contributed by atoms with Crippen molar-refractivity contribution in [3.8, 4) is 33.4 Å². The third kappa shape index (κ3) is 5.08. The van der Waals surface area contributed by atoms with Gasteiger partial charge in [-0.1, -0.05) is 121 Å². The Bertz CT molecular complexity index is 2440. The number of pyridine rings is 1. The van der Waals surface area contributed by atoms with Crippen molar-refractivity contribution in [2.24, 2.45) is 0 Å². The van der Waals surface area contributed by atoms with E-state index in [-0.39, 0.29) is 0 Å². The Balaban J connectivity index is 1.09. The van der Waals surface area contributed by atoms with E-state index in [0.29, 0.717) is 5.71 Å². The van der Waals surface area contributed by atoms with E-state index >= 15 is 0 Å². The molecule has 0 atom stereocenters. The topological polar surface area (TPSA) is 29.3 Å². The van der Waals surface area contributed by atoms with Gasteiger partial charge in [0.25, 0.3) is 0 Å². The summed E-state index contributed by atoms with van der Waals surface area (Å²) in [4.78, 5) is 7.10. The number of hydrogen-bond donors (Lipinski definition) is 0. The molecule has 2 aromatic heterocycles. The summed E-state index contributed by atoms with van der Waals surface area (Å²) in [5, 5.41) is 3.21. The number of furan rings is 1. The normalized spacial score (nSPS) is 11.3. The number of aromatic nitrogens is 1. The lowest BCUT2D eigenvalue weighted by Gasteiger charge is -2.26. The van der Waals surface area contributed by atoms with Gasteiger partial charge in [0, 0.05) is 33.2 Å². The highest BCUT2D eigenvalue weighted by atomic mass is 16.3. The van der Waals surface area contributed by atoms with E-state index in [1.54, 1.807) is 0 Å². The molecule has 0 bridgehead atoms. The van der Waals surface area contributed by atoms with Crippen molar-refractivity contribution >= 4 is 50.0 Å². The first kappa shape index (κ1) is 27.8. The van der Waals surface area contributed by atoms with Crippen LogP contribution < -0.4 is 4.90 Å². The Morgan fingerprint density at radius 1 is 0.375 bits per heavy atom. The van der Waals surface area contributed by atoms with E-state index in [0.717, 1.165) is 55.4 Å². The zero-order chi connectivity index (χ0) is 31.9. The van der Waals surface area contributed by atoms with Crippen LogP contribution in [0.3, 0.4) is 0 Å². The maximum Gasteiger partial charge on any atom is 0.227 e. The summed E-state index contributed by atoms with van der Waals surface area (Å²) >= 11 is 0. The summed E-state index contributed by atoms with van der Waals surface area (Å²) in [6.45, 7) is 0. The minimum Gasteiger partial charge on any atom is -0.438 e. The van der Waals surface area contributed by atoms with Crippen molar-refractivity contribution in [3.63, 3.8) is 0 Å². The highest BCUT2D eigenvalue weighted by molar-refractivity contribution is 6.08. The molecule has 0 fully saturated rings. The predicted octanol–water partition coefficient (Wildman–Crippen LogP) is 12.6. The number of para-hydroxylation sites is 1. The molecule has 0 N–H and O–H groups in total. The Kier molecular flexibility index (Phi) is 6.80. The van der Waals surface area contributed by atoms with Crippen molar-refractivity contribution in [1.29, 1.82) is 0 Å². The largest absolute Gasteiger partial charge is 0.438 e. The second kappa shape index (κ2) is 11.7. The van der Waals surface area contributed by atoms with Crippen molar-refractivity contribution in [1.82, 2.24) is 4.98 Å². The monoisotopic (exact) mass is 614 g/mol. The Morgan fingerprint density at radius 3 is 1.40 bits per heavy atom. The van der Waals surface area contributed by atoms with Crippen molar-refractivity contribution in [3.05, 3.63) is 182 Å². The fourth-order valence-electron chi connectivity index (χ4n) is 6.60. The first-order chi connectivity index (χ1) is 23.8. The van der Waals surface area contributed by atoms with Crippen LogP contribution in [0, 0.1) is 0 Å². The van der Waals surface area contributed by atoms with Gasteiger partial charge in [-0.05, 0) is 94.0 Å². The van der Waals surface area contributed by atoms with E-state index in [9.17, 15) is 0 Å². The Labute approximate surface area is 279 Å². The minimum atomic E-state index is 0.670. The number of anilines is 3. The highest BCUT2D eigenvalue weighted by Crippen LogP contribution is 2.39. The van der Waals surface area contributed by atoms with E-state index < -0.39 is 0 Å². The lowest BCUT2D eigenvalue weighted by Crippen LogP contribution is -2.09. The molecule has 9 rings (SSSR count). The molecule has 0 aliphatic heterocycles. The molecule has 9 aromatic rings. The minimum absolute atomic E-state index is 0.670. The molecule has 0 aliphatic rings. The first-order valence-corrected chi connectivity index (χ1v) is 16.2.